The second-order valence-corrected chi connectivity index (χ2v) is 6.96. The molecule has 1 aromatic rings. The standard InChI is InChI=1S/C18H26N4O3/c1-12-10-22(11-13(2)25-12)16-6-3-14(7-19-16)8-20-17(23)9-21-18(24)15-4-5-15/h3,6-7,12-13,15H,4-5,8-11H2,1-2H3,(H,20,23)(H,21,24). The summed E-state index contributed by atoms with van der Waals surface area (Å²) in [7, 11) is 0. The Morgan fingerprint density at radius 3 is 2.52 bits per heavy atom. The van der Waals surface area contributed by atoms with Crippen molar-refractivity contribution in [3.63, 3.8) is 0 Å². The molecular weight excluding hydrogens is 320 g/mol. The van der Waals surface area contributed by atoms with Crippen molar-refractivity contribution in [3.05, 3.63) is 23.9 Å². The van der Waals surface area contributed by atoms with Gasteiger partial charge in [-0.1, -0.05) is 6.07 Å². The molecule has 0 radical (unpaired) electrons. The number of anilines is 1. The molecule has 1 saturated heterocycles. The van der Waals surface area contributed by atoms with Crippen LogP contribution < -0.4 is 15.5 Å². The largest absolute Gasteiger partial charge is 0.372 e. The van der Waals surface area contributed by atoms with Crippen LogP contribution in [0.1, 0.15) is 32.3 Å². The van der Waals surface area contributed by atoms with Gasteiger partial charge in [0.25, 0.3) is 0 Å². The molecule has 1 aromatic heterocycles. The van der Waals surface area contributed by atoms with E-state index in [0.29, 0.717) is 6.54 Å². The third-order valence-corrected chi connectivity index (χ3v) is 4.41. The van der Waals surface area contributed by atoms with Crippen molar-refractivity contribution >= 4 is 17.6 Å². The van der Waals surface area contributed by atoms with Gasteiger partial charge in [0.15, 0.2) is 0 Å². The Bertz CT molecular complexity index is 605. The Balaban J connectivity index is 1.44. The van der Waals surface area contributed by atoms with Gasteiger partial charge in [-0.3, -0.25) is 9.59 Å². The molecule has 2 unspecified atom stereocenters. The fourth-order valence-corrected chi connectivity index (χ4v) is 2.99. The zero-order valence-corrected chi connectivity index (χ0v) is 14.8. The molecule has 1 saturated carbocycles. The minimum atomic E-state index is -0.186. The van der Waals surface area contributed by atoms with Crippen LogP contribution in [0, 0.1) is 5.92 Å². The van der Waals surface area contributed by atoms with E-state index >= 15 is 0 Å². The number of pyridine rings is 1. The predicted octanol–water partition coefficient (Wildman–Crippen LogP) is 0.838. The van der Waals surface area contributed by atoms with E-state index < -0.39 is 0 Å². The molecule has 136 valence electrons. The third-order valence-electron chi connectivity index (χ3n) is 4.41. The van der Waals surface area contributed by atoms with Gasteiger partial charge in [-0.25, -0.2) is 4.98 Å². The summed E-state index contributed by atoms with van der Waals surface area (Å²) in [6, 6.07) is 3.94. The lowest BCUT2D eigenvalue weighted by molar-refractivity contribution is -0.126. The molecule has 2 fully saturated rings. The molecule has 0 bridgehead atoms. The summed E-state index contributed by atoms with van der Waals surface area (Å²) in [5.74, 6) is 0.841. The molecule has 2 heterocycles. The van der Waals surface area contributed by atoms with Gasteiger partial charge in [0.2, 0.25) is 11.8 Å². The summed E-state index contributed by atoms with van der Waals surface area (Å²) in [6.45, 7) is 6.22. The highest BCUT2D eigenvalue weighted by molar-refractivity contribution is 5.86. The predicted molar refractivity (Wildman–Crippen MR) is 94.0 cm³/mol. The third kappa shape index (κ3) is 5.16. The van der Waals surface area contributed by atoms with Crippen LogP contribution in [0.4, 0.5) is 5.82 Å². The molecule has 2 N–H and O–H groups in total. The number of ether oxygens (including phenoxy) is 1. The second kappa shape index (κ2) is 7.82. The molecule has 25 heavy (non-hydrogen) atoms. The van der Waals surface area contributed by atoms with E-state index in [4.69, 9.17) is 4.74 Å². The summed E-state index contributed by atoms with van der Waals surface area (Å²) in [6.07, 6.45) is 4.03. The lowest BCUT2D eigenvalue weighted by atomic mass is 10.2. The van der Waals surface area contributed by atoms with E-state index in [9.17, 15) is 9.59 Å². The Labute approximate surface area is 148 Å². The number of hydrogen-bond acceptors (Lipinski definition) is 5. The summed E-state index contributed by atoms with van der Waals surface area (Å²) < 4.78 is 5.74. The smallest absolute Gasteiger partial charge is 0.239 e. The maximum atomic E-state index is 11.8. The molecule has 2 amide bonds. The minimum absolute atomic E-state index is 0.0184. The van der Waals surface area contributed by atoms with E-state index in [1.54, 1.807) is 6.20 Å². The van der Waals surface area contributed by atoms with E-state index in [0.717, 1.165) is 37.3 Å². The van der Waals surface area contributed by atoms with Gasteiger partial charge < -0.3 is 20.3 Å². The highest BCUT2D eigenvalue weighted by atomic mass is 16.5. The topological polar surface area (TPSA) is 83.6 Å². The average Bonchev–Trinajstić information content (AvgIpc) is 3.42. The lowest BCUT2D eigenvalue weighted by Gasteiger charge is -2.36. The molecule has 7 heteroatoms. The number of nitrogens with one attached hydrogen (secondary N) is 2. The van der Waals surface area contributed by atoms with Crippen molar-refractivity contribution in [2.45, 2.75) is 45.4 Å². The first-order chi connectivity index (χ1) is 12.0. The van der Waals surface area contributed by atoms with Gasteiger partial charge in [-0.2, -0.15) is 0 Å². The number of rotatable bonds is 6. The van der Waals surface area contributed by atoms with Crippen molar-refractivity contribution in [1.29, 1.82) is 0 Å². The number of aromatic nitrogens is 1. The van der Waals surface area contributed by atoms with Crippen molar-refractivity contribution in [1.82, 2.24) is 15.6 Å². The number of nitrogens with zero attached hydrogens (tertiary/aromatic N) is 2. The first-order valence-electron chi connectivity index (χ1n) is 8.91. The minimum Gasteiger partial charge on any atom is -0.372 e. The van der Waals surface area contributed by atoms with Crippen molar-refractivity contribution in [3.8, 4) is 0 Å². The molecule has 0 aromatic carbocycles. The zero-order valence-electron chi connectivity index (χ0n) is 14.8. The van der Waals surface area contributed by atoms with Gasteiger partial charge in [-0.15, -0.1) is 0 Å². The van der Waals surface area contributed by atoms with Gasteiger partial charge in [0.05, 0.1) is 18.8 Å². The van der Waals surface area contributed by atoms with Gasteiger partial charge in [0.1, 0.15) is 5.82 Å². The van der Waals surface area contributed by atoms with Crippen LogP contribution in [-0.4, -0.2) is 48.6 Å². The Morgan fingerprint density at radius 2 is 1.92 bits per heavy atom. The van der Waals surface area contributed by atoms with Gasteiger partial charge in [-0.05, 0) is 38.3 Å². The van der Waals surface area contributed by atoms with Crippen molar-refractivity contribution < 1.29 is 14.3 Å². The maximum absolute atomic E-state index is 11.8. The van der Waals surface area contributed by atoms with Gasteiger partial charge in [0, 0.05) is 31.7 Å². The molecule has 7 nitrogen and oxygen atoms in total. The normalized spacial score (nSPS) is 23.2. The fourth-order valence-electron chi connectivity index (χ4n) is 2.99. The lowest BCUT2D eigenvalue weighted by Crippen LogP contribution is -2.45. The summed E-state index contributed by atoms with van der Waals surface area (Å²) in [5.41, 5.74) is 0.931. The van der Waals surface area contributed by atoms with Crippen molar-refractivity contribution in [2.75, 3.05) is 24.5 Å². The van der Waals surface area contributed by atoms with Crippen LogP contribution in [0.2, 0.25) is 0 Å². The van der Waals surface area contributed by atoms with Crippen LogP contribution in [-0.2, 0) is 20.9 Å². The second-order valence-electron chi connectivity index (χ2n) is 6.96. The molecule has 0 spiro atoms. The molecule has 3 rings (SSSR count). The van der Waals surface area contributed by atoms with E-state index in [-0.39, 0.29) is 36.5 Å². The van der Waals surface area contributed by atoms with Crippen molar-refractivity contribution in [2.24, 2.45) is 5.92 Å². The molecule has 2 atom stereocenters. The highest BCUT2D eigenvalue weighted by Gasteiger charge is 2.29. The number of morpholine rings is 1. The molecule has 1 aliphatic carbocycles. The average molecular weight is 346 g/mol. The Morgan fingerprint density at radius 1 is 1.20 bits per heavy atom. The zero-order chi connectivity index (χ0) is 17.8. The maximum Gasteiger partial charge on any atom is 0.239 e. The van der Waals surface area contributed by atoms with Crippen LogP contribution in [0.25, 0.3) is 0 Å². The number of hydrogen-bond donors (Lipinski definition) is 2. The van der Waals surface area contributed by atoms with E-state index in [1.165, 1.54) is 0 Å². The first kappa shape index (κ1) is 17.7. The molecule has 2 aliphatic rings. The van der Waals surface area contributed by atoms with Crippen LogP contribution >= 0.6 is 0 Å². The summed E-state index contributed by atoms with van der Waals surface area (Å²) in [5, 5.41) is 5.46. The van der Waals surface area contributed by atoms with Gasteiger partial charge >= 0.3 is 0 Å². The van der Waals surface area contributed by atoms with Crippen LogP contribution in [0.15, 0.2) is 18.3 Å². The Kier molecular flexibility index (Phi) is 5.53. The first-order valence-corrected chi connectivity index (χ1v) is 8.91. The van der Waals surface area contributed by atoms with Crippen LogP contribution in [0.3, 0.4) is 0 Å². The number of carbonyl (C=O) groups excluding carboxylic acids is 2. The summed E-state index contributed by atoms with van der Waals surface area (Å²) >= 11 is 0. The number of amides is 2. The SMILES string of the molecule is CC1CN(c2ccc(CNC(=O)CNC(=O)C3CC3)cn2)CC(C)O1. The van der Waals surface area contributed by atoms with E-state index in [2.05, 4.69) is 34.4 Å². The Hall–Kier alpha value is -2.15. The van der Waals surface area contributed by atoms with Crippen LogP contribution in [0.5, 0.6) is 0 Å². The molecule has 1 aliphatic heterocycles. The summed E-state index contributed by atoms with van der Waals surface area (Å²) in [4.78, 5) is 30.0. The fraction of sp³-hybridized carbons (Fsp3) is 0.611. The van der Waals surface area contributed by atoms with E-state index in [1.807, 2.05) is 12.1 Å². The molecular formula is C18H26N4O3. The highest BCUT2D eigenvalue weighted by Crippen LogP contribution is 2.28. The quantitative estimate of drug-likeness (QED) is 0.797. The monoisotopic (exact) mass is 346 g/mol. The number of carbonyl (C=O) groups is 2.